The highest BCUT2D eigenvalue weighted by atomic mass is 35.5. The number of amides is 1. The van der Waals surface area contributed by atoms with E-state index < -0.39 is 47.9 Å². The van der Waals surface area contributed by atoms with Crippen molar-refractivity contribution in [3.63, 3.8) is 0 Å². The summed E-state index contributed by atoms with van der Waals surface area (Å²) in [5, 5.41) is 16.7. The van der Waals surface area contributed by atoms with Gasteiger partial charge in [-0.3, -0.25) is 19.1 Å². The summed E-state index contributed by atoms with van der Waals surface area (Å²) in [6, 6.07) is 9.36. The minimum absolute atomic E-state index is 0.0161. The maximum atomic E-state index is 16.4. The average molecular weight is 589 g/mol. The standard InChI is InChI=1S/C29H31ClF2N4O5/c1-35-24-7-3-2-6-20(24)26(34-35)27(38)33-23-16-22(31)18(14-21(23)30)15-25(37)29(32,36-12-4-5-13-36)41-19-10-8-17(9-11-19)28(39)40/h2-3,6-7,14,16-17,19H,4-5,8-13,15H2,1H3,(H,33,38)(H,39,40). The first-order valence-electron chi connectivity index (χ1n) is 13.7. The van der Waals surface area contributed by atoms with Gasteiger partial charge in [0.15, 0.2) is 5.69 Å². The van der Waals surface area contributed by atoms with Gasteiger partial charge in [0.2, 0.25) is 5.78 Å². The summed E-state index contributed by atoms with van der Waals surface area (Å²) in [4.78, 5) is 39.0. The molecule has 1 atom stereocenters. The molecule has 5 rings (SSSR count). The van der Waals surface area contributed by atoms with Crippen molar-refractivity contribution in [2.45, 2.75) is 57.0 Å². The van der Waals surface area contributed by atoms with Gasteiger partial charge in [-0.05, 0) is 62.3 Å². The SMILES string of the molecule is Cn1nc(C(=O)Nc2cc(F)c(CC(=O)C(F)(OC3CCC(C(=O)O)CC3)N3CCCC3)cc2Cl)c2ccccc21. The topological polar surface area (TPSA) is 114 Å². The van der Waals surface area contributed by atoms with E-state index in [0.29, 0.717) is 57.0 Å². The van der Waals surface area contributed by atoms with E-state index in [9.17, 15) is 19.5 Å². The van der Waals surface area contributed by atoms with Gasteiger partial charge in [-0.15, -0.1) is 0 Å². The number of aryl methyl sites for hydroxylation is 1. The van der Waals surface area contributed by atoms with Gasteiger partial charge >= 0.3 is 11.9 Å². The van der Waals surface area contributed by atoms with E-state index in [1.165, 1.54) is 11.0 Å². The number of benzene rings is 2. The van der Waals surface area contributed by atoms with Gasteiger partial charge in [0.1, 0.15) is 5.82 Å². The first kappa shape index (κ1) is 29.1. The summed E-state index contributed by atoms with van der Waals surface area (Å²) >= 11 is 6.37. The van der Waals surface area contributed by atoms with Crippen LogP contribution in [0, 0.1) is 11.7 Å². The molecule has 1 unspecified atom stereocenters. The Labute approximate surface area is 240 Å². The van der Waals surface area contributed by atoms with Gasteiger partial charge in [-0.2, -0.15) is 9.49 Å². The van der Waals surface area contributed by atoms with Crippen LogP contribution in [0.25, 0.3) is 10.9 Å². The lowest BCUT2D eigenvalue weighted by molar-refractivity contribution is -0.252. The second-order valence-electron chi connectivity index (χ2n) is 10.7. The largest absolute Gasteiger partial charge is 0.481 e. The number of carboxylic acids is 1. The van der Waals surface area contributed by atoms with Gasteiger partial charge in [0.25, 0.3) is 5.91 Å². The molecule has 41 heavy (non-hydrogen) atoms. The predicted molar refractivity (Wildman–Crippen MR) is 148 cm³/mol. The average Bonchev–Trinajstić information content (AvgIpc) is 3.61. The molecule has 1 amide bonds. The van der Waals surface area contributed by atoms with E-state index in [-0.39, 0.29) is 22.0 Å². The van der Waals surface area contributed by atoms with Crippen LogP contribution in [0.4, 0.5) is 14.5 Å². The maximum Gasteiger partial charge on any atom is 0.330 e. The van der Waals surface area contributed by atoms with Crippen molar-refractivity contribution < 1.29 is 33.0 Å². The molecule has 12 heteroatoms. The number of para-hydroxylation sites is 1. The first-order valence-corrected chi connectivity index (χ1v) is 14.0. The number of fused-ring (bicyclic) bond motifs is 1. The zero-order valence-electron chi connectivity index (χ0n) is 22.5. The molecule has 1 aliphatic heterocycles. The number of nitrogens with zero attached hydrogens (tertiary/aromatic N) is 3. The number of alkyl halides is 1. The number of carbonyl (C=O) groups is 3. The Balaban J connectivity index is 1.32. The Morgan fingerprint density at radius 2 is 1.83 bits per heavy atom. The molecule has 3 aromatic rings. The molecule has 0 spiro atoms. The zero-order chi connectivity index (χ0) is 29.3. The normalized spacial score (nSPS) is 21.1. The van der Waals surface area contributed by atoms with E-state index in [4.69, 9.17) is 16.3 Å². The predicted octanol–water partition coefficient (Wildman–Crippen LogP) is 5.11. The molecule has 2 aromatic carbocycles. The minimum atomic E-state index is -2.77. The summed E-state index contributed by atoms with van der Waals surface area (Å²) in [7, 11) is 1.70. The lowest BCUT2D eigenvalue weighted by Gasteiger charge is -2.37. The Kier molecular flexibility index (Phi) is 8.40. The van der Waals surface area contributed by atoms with E-state index in [1.54, 1.807) is 23.9 Å². The number of nitrogens with one attached hydrogen (secondary N) is 1. The number of carbonyl (C=O) groups excluding carboxylic acids is 2. The van der Waals surface area contributed by atoms with Crippen LogP contribution in [0.5, 0.6) is 0 Å². The van der Waals surface area contributed by atoms with Crippen molar-refractivity contribution in [3.8, 4) is 0 Å². The van der Waals surface area contributed by atoms with Crippen LogP contribution in [0.2, 0.25) is 5.02 Å². The number of ether oxygens (including phenoxy) is 1. The highest BCUT2D eigenvalue weighted by molar-refractivity contribution is 6.34. The lowest BCUT2D eigenvalue weighted by atomic mass is 9.87. The number of aromatic nitrogens is 2. The summed E-state index contributed by atoms with van der Waals surface area (Å²) in [5.74, 6) is -6.58. The molecule has 2 aliphatic rings. The number of aliphatic carboxylic acids is 1. The fourth-order valence-corrected chi connectivity index (χ4v) is 5.87. The van der Waals surface area contributed by atoms with Crippen LogP contribution in [-0.2, 0) is 27.8 Å². The summed E-state index contributed by atoms with van der Waals surface area (Å²) in [5.41, 5.74) is 0.730. The van der Waals surface area contributed by atoms with Gasteiger partial charge in [0.05, 0.1) is 28.2 Å². The number of likely N-dealkylation sites (tertiary alicyclic amines) is 1. The summed E-state index contributed by atoms with van der Waals surface area (Å²) in [6.45, 7) is 0.617. The molecule has 9 nitrogen and oxygen atoms in total. The Hall–Kier alpha value is -3.41. The van der Waals surface area contributed by atoms with Gasteiger partial charge in [-0.25, -0.2) is 9.29 Å². The molecule has 0 radical (unpaired) electrons. The third kappa shape index (κ3) is 5.98. The van der Waals surface area contributed by atoms with E-state index in [2.05, 4.69) is 10.4 Å². The number of ketones is 1. The molecule has 2 N–H and O–H groups in total. The second-order valence-corrected chi connectivity index (χ2v) is 11.1. The third-order valence-electron chi connectivity index (χ3n) is 7.91. The molecule has 0 bridgehead atoms. The first-order chi connectivity index (χ1) is 19.6. The van der Waals surface area contributed by atoms with Crippen LogP contribution in [-0.4, -0.2) is 62.6 Å². The van der Waals surface area contributed by atoms with Crippen molar-refractivity contribution >= 4 is 45.9 Å². The van der Waals surface area contributed by atoms with Crippen LogP contribution in [0.3, 0.4) is 0 Å². The molecular formula is C29H31ClF2N4O5. The van der Waals surface area contributed by atoms with E-state index in [0.717, 1.165) is 11.6 Å². The molecule has 2 heterocycles. The van der Waals surface area contributed by atoms with Crippen molar-refractivity contribution in [2.75, 3.05) is 18.4 Å². The van der Waals surface area contributed by atoms with Crippen molar-refractivity contribution in [2.24, 2.45) is 13.0 Å². The van der Waals surface area contributed by atoms with Crippen LogP contribution >= 0.6 is 11.6 Å². The van der Waals surface area contributed by atoms with Gasteiger partial charge in [0, 0.05) is 31.9 Å². The number of hydrogen-bond donors (Lipinski definition) is 2. The number of hydrogen-bond acceptors (Lipinski definition) is 6. The molecular weight excluding hydrogens is 558 g/mol. The molecule has 218 valence electrons. The molecule has 1 saturated heterocycles. The van der Waals surface area contributed by atoms with Crippen LogP contribution in [0.1, 0.15) is 54.6 Å². The fraction of sp³-hybridized carbons (Fsp3) is 0.448. The smallest absolute Gasteiger partial charge is 0.330 e. The van der Waals surface area contributed by atoms with Crippen molar-refractivity contribution in [1.82, 2.24) is 14.7 Å². The Morgan fingerprint density at radius 3 is 2.51 bits per heavy atom. The Morgan fingerprint density at radius 1 is 1.15 bits per heavy atom. The number of halogens is 3. The quantitative estimate of drug-likeness (QED) is 0.334. The van der Waals surface area contributed by atoms with Crippen LogP contribution < -0.4 is 5.32 Å². The molecule has 1 aromatic heterocycles. The number of anilines is 1. The molecule has 1 aliphatic carbocycles. The maximum absolute atomic E-state index is 16.4. The highest BCUT2D eigenvalue weighted by Gasteiger charge is 2.49. The highest BCUT2D eigenvalue weighted by Crippen LogP contribution is 2.35. The van der Waals surface area contributed by atoms with Crippen molar-refractivity contribution in [1.29, 1.82) is 0 Å². The molecule has 1 saturated carbocycles. The second kappa shape index (κ2) is 11.8. The third-order valence-corrected chi connectivity index (χ3v) is 8.22. The van der Waals surface area contributed by atoms with E-state index in [1.807, 2.05) is 12.1 Å². The zero-order valence-corrected chi connectivity index (χ0v) is 23.3. The number of Topliss-reactive ketones (excluding diaryl/α,β-unsaturated/α-hetero) is 1. The summed E-state index contributed by atoms with van der Waals surface area (Å²) in [6.07, 6.45) is 1.40. The fourth-order valence-electron chi connectivity index (χ4n) is 5.63. The van der Waals surface area contributed by atoms with Crippen molar-refractivity contribution in [3.05, 3.63) is 58.5 Å². The number of rotatable bonds is 9. The Bertz CT molecular complexity index is 1480. The van der Waals surface area contributed by atoms with Gasteiger partial charge in [-0.1, -0.05) is 29.8 Å². The monoisotopic (exact) mass is 588 g/mol. The molecule has 2 fully saturated rings. The van der Waals surface area contributed by atoms with Crippen LogP contribution in [0.15, 0.2) is 36.4 Å². The lowest BCUT2D eigenvalue weighted by Crippen LogP contribution is -2.54. The number of carboxylic acid groups (broad SMARTS) is 1. The van der Waals surface area contributed by atoms with E-state index >= 15 is 8.78 Å². The van der Waals surface area contributed by atoms with Gasteiger partial charge < -0.3 is 15.2 Å². The minimum Gasteiger partial charge on any atom is -0.481 e. The summed E-state index contributed by atoms with van der Waals surface area (Å²) < 4.78 is 39.0.